The number of hydrogen-bond acceptors (Lipinski definition) is 4. The second-order valence-corrected chi connectivity index (χ2v) is 6.25. The van der Waals surface area contributed by atoms with Gasteiger partial charge in [0.2, 0.25) is 10.0 Å². The molecule has 0 atom stereocenters. The van der Waals surface area contributed by atoms with Crippen LogP contribution in [0.4, 0.5) is 4.39 Å². The maximum absolute atomic E-state index is 13.2. The summed E-state index contributed by atoms with van der Waals surface area (Å²) in [4.78, 5) is 1.88. The summed E-state index contributed by atoms with van der Waals surface area (Å²) in [6.45, 7) is 1.13. The average molecular weight is 289 g/mol. The Bertz CT molecular complexity index is 518. The molecule has 0 fully saturated rings. The number of nitrogens with zero attached hydrogens (tertiary/aromatic N) is 1. The van der Waals surface area contributed by atoms with E-state index in [2.05, 4.69) is 4.72 Å². The fourth-order valence-electron chi connectivity index (χ4n) is 1.63. The summed E-state index contributed by atoms with van der Waals surface area (Å²) in [5.41, 5.74) is 5.87. The lowest BCUT2D eigenvalue weighted by Crippen LogP contribution is -2.28. The van der Waals surface area contributed by atoms with E-state index in [9.17, 15) is 12.8 Å². The molecule has 0 saturated heterocycles. The molecular weight excluding hydrogens is 269 g/mol. The summed E-state index contributed by atoms with van der Waals surface area (Å²) in [7, 11) is 0.109. The van der Waals surface area contributed by atoms with Crippen LogP contribution in [0.25, 0.3) is 0 Å². The normalized spacial score (nSPS) is 12.1. The van der Waals surface area contributed by atoms with Gasteiger partial charge in [0.1, 0.15) is 5.82 Å². The number of rotatable bonds is 7. The van der Waals surface area contributed by atoms with Crippen LogP contribution in [-0.4, -0.2) is 40.5 Å². The van der Waals surface area contributed by atoms with Crippen molar-refractivity contribution in [3.8, 4) is 0 Å². The van der Waals surface area contributed by atoms with E-state index in [0.29, 0.717) is 18.5 Å². The first-order valence-corrected chi connectivity index (χ1v) is 7.48. The third-order valence-electron chi connectivity index (χ3n) is 2.61. The van der Waals surface area contributed by atoms with Gasteiger partial charge in [-0.1, -0.05) is 6.07 Å². The van der Waals surface area contributed by atoms with E-state index in [-0.39, 0.29) is 11.4 Å². The molecule has 7 heteroatoms. The Morgan fingerprint density at radius 3 is 2.63 bits per heavy atom. The third-order valence-corrected chi connectivity index (χ3v) is 4.16. The first-order valence-electron chi connectivity index (χ1n) is 5.99. The summed E-state index contributed by atoms with van der Waals surface area (Å²) in [6, 6.07) is 3.59. The highest BCUT2D eigenvalue weighted by molar-refractivity contribution is 7.89. The van der Waals surface area contributed by atoms with Crippen molar-refractivity contribution in [3.63, 3.8) is 0 Å². The van der Waals surface area contributed by atoms with Gasteiger partial charge in [0.25, 0.3) is 0 Å². The Labute approximate surface area is 113 Å². The van der Waals surface area contributed by atoms with Gasteiger partial charge in [0, 0.05) is 13.1 Å². The van der Waals surface area contributed by atoms with Crippen LogP contribution in [0.5, 0.6) is 0 Å². The summed E-state index contributed by atoms with van der Waals surface area (Å²) < 4.78 is 39.7. The van der Waals surface area contributed by atoms with Gasteiger partial charge >= 0.3 is 0 Å². The van der Waals surface area contributed by atoms with E-state index >= 15 is 0 Å². The predicted molar refractivity (Wildman–Crippen MR) is 72.7 cm³/mol. The number of benzene rings is 1. The molecule has 0 radical (unpaired) electrons. The first kappa shape index (κ1) is 16.0. The van der Waals surface area contributed by atoms with Crippen LogP contribution < -0.4 is 10.5 Å². The maximum atomic E-state index is 13.2. The second kappa shape index (κ2) is 6.95. The lowest BCUT2D eigenvalue weighted by molar-refractivity contribution is 0.400. The standard InChI is InChI=1S/C12H20FN3O2S/c1-16(2)7-3-6-15-19(17,18)12-8-11(13)5-4-10(12)9-14/h4-5,8,15H,3,6-7,9,14H2,1-2H3. The summed E-state index contributed by atoms with van der Waals surface area (Å²) >= 11 is 0. The molecule has 108 valence electrons. The third kappa shape index (κ3) is 4.87. The molecule has 0 spiro atoms. The first-order chi connectivity index (χ1) is 8.86. The maximum Gasteiger partial charge on any atom is 0.240 e. The Morgan fingerprint density at radius 2 is 2.05 bits per heavy atom. The van der Waals surface area contributed by atoms with Crippen LogP contribution >= 0.6 is 0 Å². The van der Waals surface area contributed by atoms with Crippen LogP contribution in [0.1, 0.15) is 12.0 Å². The molecule has 0 unspecified atom stereocenters. The van der Waals surface area contributed by atoms with Crippen LogP contribution in [0.2, 0.25) is 0 Å². The van der Waals surface area contributed by atoms with Gasteiger partial charge in [0.05, 0.1) is 4.90 Å². The minimum absolute atomic E-state index is 0.0498. The molecule has 0 bridgehead atoms. The van der Waals surface area contributed by atoms with Crippen molar-refractivity contribution < 1.29 is 12.8 Å². The highest BCUT2D eigenvalue weighted by atomic mass is 32.2. The Kier molecular flexibility index (Phi) is 5.86. The van der Waals surface area contributed by atoms with Crippen molar-refractivity contribution in [2.24, 2.45) is 5.73 Å². The van der Waals surface area contributed by atoms with E-state index in [1.54, 1.807) is 0 Å². The number of hydrogen-bond donors (Lipinski definition) is 2. The molecule has 0 heterocycles. The highest BCUT2D eigenvalue weighted by Gasteiger charge is 2.18. The second-order valence-electron chi connectivity index (χ2n) is 4.51. The van der Waals surface area contributed by atoms with E-state index in [1.165, 1.54) is 12.1 Å². The summed E-state index contributed by atoms with van der Waals surface area (Å²) in [5.74, 6) is -0.592. The minimum Gasteiger partial charge on any atom is -0.326 e. The Balaban J connectivity index is 2.79. The summed E-state index contributed by atoms with van der Waals surface area (Å²) in [5, 5.41) is 0. The summed E-state index contributed by atoms with van der Waals surface area (Å²) in [6.07, 6.45) is 0.680. The van der Waals surface area contributed by atoms with Crippen LogP contribution in [-0.2, 0) is 16.6 Å². The Hall–Kier alpha value is -1.02. The van der Waals surface area contributed by atoms with Crippen molar-refractivity contribution in [3.05, 3.63) is 29.6 Å². The molecule has 3 N–H and O–H groups in total. The molecule has 0 saturated carbocycles. The lowest BCUT2D eigenvalue weighted by atomic mass is 10.2. The van der Waals surface area contributed by atoms with Gasteiger partial charge in [-0.2, -0.15) is 0 Å². The molecule has 0 aliphatic rings. The monoisotopic (exact) mass is 289 g/mol. The Morgan fingerprint density at radius 1 is 1.37 bits per heavy atom. The lowest BCUT2D eigenvalue weighted by Gasteiger charge is -2.12. The molecule has 0 aliphatic heterocycles. The van der Waals surface area contributed by atoms with Crippen molar-refractivity contribution >= 4 is 10.0 Å². The zero-order chi connectivity index (χ0) is 14.5. The van der Waals surface area contributed by atoms with Gasteiger partial charge in [0.15, 0.2) is 0 Å². The number of nitrogens with two attached hydrogens (primary N) is 1. The van der Waals surface area contributed by atoms with Gasteiger partial charge in [-0.3, -0.25) is 0 Å². The molecule has 0 aromatic heterocycles. The van der Waals surface area contributed by atoms with Gasteiger partial charge in [-0.05, 0) is 44.8 Å². The van der Waals surface area contributed by atoms with Crippen molar-refractivity contribution in [1.82, 2.24) is 9.62 Å². The van der Waals surface area contributed by atoms with Crippen molar-refractivity contribution in [1.29, 1.82) is 0 Å². The minimum atomic E-state index is -3.71. The van der Waals surface area contributed by atoms with Crippen molar-refractivity contribution in [2.45, 2.75) is 17.9 Å². The molecule has 1 rings (SSSR count). The molecule has 1 aromatic rings. The fraction of sp³-hybridized carbons (Fsp3) is 0.500. The van der Waals surface area contributed by atoms with Crippen LogP contribution in [0, 0.1) is 5.82 Å². The molecular formula is C12H20FN3O2S. The topological polar surface area (TPSA) is 75.4 Å². The molecule has 5 nitrogen and oxygen atoms in total. The quantitative estimate of drug-likeness (QED) is 0.717. The van der Waals surface area contributed by atoms with Gasteiger partial charge in [-0.15, -0.1) is 0 Å². The smallest absolute Gasteiger partial charge is 0.240 e. The molecule has 0 amide bonds. The number of sulfonamides is 1. The van der Waals surface area contributed by atoms with Gasteiger partial charge < -0.3 is 10.6 Å². The number of halogens is 1. The van der Waals surface area contributed by atoms with E-state index in [1.807, 2.05) is 19.0 Å². The SMILES string of the molecule is CN(C)CCCNS(=O)(=O)c1cc(F)ccc1CN. The average Bonchev–Trinajstić information content (AvgIpc) is 2.34. The highest BCUT2D eigenvalue weighted by Crippen LogP contribution is 2.16. The molecule has 0 aliphatic carbocycles. The number of nitrogens with one attached hydrogen (secondary N) is 1. The van der Waals surface area contributed by atoms with E-state index in [0.717, 1.165) is 12.6 Å². The van der Waals surface area contributed by atoms with E-state index < -0.39 is 15.8 Å². The van der Waals surface area contributed by atoms with Crippen LogP contribution in [0.3, 0.4) is 0 Å². The van der Waals surface area contributed by atoms with Crippen LogP contribution in [0.15, 0.2) is 23.1 Å². The molecule has 19 heavy (non-hydrogen) atoms. The zero-order valence-electron chi connectivity index (χ0n) is 11.2. The largest absolute Gasteiger partial charge is 0.326 e. The van der Waals surface area contributed by atoms with E-state index in [4.69, 9.17) is 5.73 Å². The van der Waals surface area contributed by atoms with Gasteiger partial charge in [-0.25, -0.2) is 17.5 Å². The molecule has 1 aromatic carbocycles. The zero-order valence-corrected chi connectivity index (χ0v) is 12.0. The fourth-order valence-corrected chi connectivity index (χ4v) is 2.96. The predicted octanol–water partition coefficient (Wildman–Crippen LogP) is 0.514. The van der Waals surface area contributed by atoms with Crippen molar-refractivity contribution in [2.75, 3.05) is 27.2 Å².